The van der Waals surface area contributed by atoms with Crippen LogP contribution in [0.4, 0.5) is 0 Å². The molecular weight excluding hydrogens is 176 g/mol. The van der Waals surface area contributed by atoms with Gasteiger partial charge in [0.05, 0.1) is 0 Å². The van der Waals surface area contributed by atoms with Crippen LogP contribution in [-0.4, -0.2) is 12.0 Å². The van der Waals surface area contributed by atoms with Crippen molar-refractivity contribution in [2.75, 3.05) is 7.05 Å². The molecule has 0 aliphatic heterocycles. The van der Waals surface area contributed by atoms with Gasteiger partial charge < -0.3 is 9.73 Å². The van der Waals surface area contributed by atoms with Crippen molar-refractivity contribution < 1.29 is 4.42 Å². The minimum Gasteiger partial charge on any atom is -0.441 e. The van der Waals surface area contributed by atoms with Crippen molar-refractivity contribution in [1.29, 1.82) is 0 Å². The van der Waals surface area contributed by atoms with Gasteiger partial charge in [-0.3, -0.25) is 0 Å². The molecule has 0 unspecified atom stereocenters. The van der Waals surface area contributed by atoms with Gasteiger partial charge in [-0.2, -0.15) is 0 Å². The lowest BCUT2D eigenvalue weighted by Crippen LogP contribution is -2.02. The van der Waals surface area contributed by atoms with Crippen LogP contribution in [0.1, 0.15) is 11.5 Å². The molecule has 1 N–H and O–H groups in total. The van der Waals surface area contributed by atoms with Gasteiger partial charge in [0.2, 0.25) is 0 Å². The fraction of sp³-hybridized carbons (Fsp3) is 0.182. The minimum absolute atomic E-state index is 0.687. The van der Waals surface area contributed by atoms with E-state index in [1.165, 1.54) is 0 Å². The number of rotatable bonds is 2. The minimum atomic E-state index is 0.687. The van der Waals surface area contributed by atoms with Crippen molar-refractivity contribution in [2.45, 2.75) is 6.92 Å². The molecule has 2 rings (SSSR count). The van der Waals surface area contributed by atoms with Gasteiger partial charge in [-0.15, -0.1) is 0 Å². The summed E-state index contributed by atoms with van der Waals surface area (Å²) in [6.07, 6.45) is 0. The Labute approximate surface area is 82.4 Å². The van der Waals surface area contributed by atoms with Crippen molar-refractivity contribution in [1.82, 2.24) is 10.3 Å². The predicted octanol–water partition coefficient (Wildman–Crippen LogP) is 2.33. The summed E-state index contributed by atoms with van der Waals surface area (Å²) in [6.45, 7) is 5.73. The summed E-state index contributed by atoms with van der Waals surface area (Å²) in [7, 11) is 1.85. The van der Waals surface area contributed by atoms with Crippen LogP contribution >= 0.6 is 0 Å². The molecule has 1 heterocycles. The Morgan fingerprint density at radius 2 is 2.29 bits per heavy atom. The van der Waals surface area contributed by atoms with Crippen LogP contribution < -0.4 is 5.32 Å². The summed E-state index contributed by atoms with van der Waals surface area (Å²) in [5, 5.41) is 3.00. The summed E-state index contributed by atoms with van der Waals surface area (Å²) >= 11 is 0. The summed E-state index contributed by atoms with van der Waals surface area (Å²) in [4.78, 5) is 4.25. The zero-order valence-electron chi connectivity index (χ0n) is 8.29. The Morgan fingerprint density at radius 3 is 3.00 bits per heavy atom. The monoisotopic (exact) mass is 188 g/mol. The third-order valence-corrected chi connectivity index (χ3v) is 2.14. The molecule has 3 nitrogen and oxygen atoms in total. The smallest absolute Gasteiger partial charge is 0.192 e. The molecule has 0 saturated carbocycles. The number of hydrogen-bond acceptors (Lipinski definition) is 3. The lowest BCUT2D eigenvalue weighted by molar-refractivity contribution is 0.561. The molecule has 0 amide bonds. The lowest BCUT2D eigenvalue weighted by Gasteiger charge is -2.03. The number of oxazole rings is 1. The standard InChI is InChI=1S/C11H12N2O/c1-7(12-3)9-4-5-11-10(6-9)13-8(2)14-11/h4-6,12H,1H2,2-3H3. The van der Waals surface area contributed by atoms with E-state index < -0.39 is 0 Å². The molecule has 1 aromatic carbocycles. The molecule has 1 aromatic heterocycles. The zero-order valence-corrected chi connectivity index (χ0v) is 8.29. The van der Waals surface area contributed by atoms with Crippen LogP contribution in [0.2, 0.25) is 0 Å². The van der Waals surface area contributed by atoms with Crippen molar-refractivity contribution in [2.24, 2.45) is 0 Å². The van der Waals surface area contributed by atoms with E-state index in [9.17, 15) is 0 Å². The fourth-order valence-corrected chi connectivity index (χ4v) is 1.37. The van der Waals surface area contributed by atoms with Crippen molar-refractivity contribution >= 4 is 16.8 Å². The van der Waals surface area contributed by atoms with Crippen LogP contribution in [0.5, 0.6) is 0 Å². The third kappa shape index (κ3) is 1.37. The number of nitrogens with zero attached hydrogens (tertiary/aromatic N) is 1. The van der Waals surface area contributed by atoms with E-state index in [1.54, 1.807) is 0 Å². The van der Waals surface area contributed by atoms with Gasteiger partial charge in [0.15, 0.2) is 11.5 Å². The van der Waals surface area contributed by atoms with Gasteiger partial charge in [-0.05, 0) is 23.8 Å². The Balaban J connectivity index is 2.55. The van der Waals surface area contributed by atoms with E-state index in [0.717, 1.165) is 22.4 Å². The van der Waals surface area contributed by atoms with Crippen LogP contribution in [0, 0.1) is 6.92 Å². The normalized spacial score (nSPS) is 10.4. The van der Waals surface area contributed by atoms with E-state index in [0.29, 0.717) is 5.89 Å². The van der Waals surface area contributed by atoms with Gasteiger partial charge in [0.1, 0.15) is 5.52 Å². The van der Waals surface area contributed by atoms with Gasteiger partial charge in [-0.25, -0.2) is 4.98 Å². The Hall–Kier alpha value is -1.77. The maximum Gasteiger partial charge on any atom is 0.192 e. The molecule has 0 fully saturated rings. The summed E-state index contributed by atoms with van der Waals surface area (Å²) in [5.74, 6) is 0.687. The Morgan fingerprint density at radius 1 is 1.50 bits per heavy atom. The Kier molecular flexibility index (Phi) is 2.00. The molecular formula is C11H12N2O. The predicted molar refractivity (Wildman–Crippen MR) is 56.8 cm³/mol. The van der Waals surface area contributed by atoms with Gasteiger partial charge in [-0.1, -0.05) is 6.58 Å². The molecule has 0 spiro atoms. The molecule has 0 bridgehead atoms. The maximum absolute atomic E-state index is 5.38. The summed E-state index contributed by atoms with van der Waals surface area (Å²) < 4.78 is 5.38. The second-order valence-electron chi connectivity index (χ2n) is 3.14. The van der Waals surface area contributed by atoms with E-state index in [1.807, 2.05) is 32.2 Å². The van der Waals surface area contributed by atoms with Crippen molar-refractivity contribution in [3.05, 3.63) is 36.2 Å². The first-order chi connectivity index (χ1) is 6.70. The molecule has 0 radical (unpaired) electrons. The van der Waals surface area contributed by atoms with Crippen molar-refractivity contribution in [3.8, 4) is 0 Å². The van der Waals surface area contributed by atoms with E-state index >= 15 is 0 Å². The van der Waals surface area contributed by atoms with Crippen LogP contribution in [-0.2, 0) is 0 Å². The van der Waals surface area contributed by atoms with Crippen LogP contribution in [0.3, 0.4) is 0 Å². The number of aromatic nitrogens is 1. The van der Waals surface area contributed by atoms with E-state index in [4.69, 9.17) is 4.42 Å². The first-order valence-corrected chi connectivity index (χ1v) is 4.45. The summed E-state index contributed by atoms with van der Waals surface area (Å²) in [6, 6.07) is 5.84. The van der Waals surface area contributed by atoms with E-state index in [-0.39, 0.29) is 0 Å². The number of fused-ring (bicyclic) bond motifs is 1. The third-order valence-electron chi connectivity index (χ3n) is 2.14. The molecule has 14 heavy (non-hydrogen) atoms. The fourth-order valence-electron chi connectivity index (χ4n) is 1.37. The molecule has 0 saturated heterocycles. The lowest BCUT2D eigenvalue weighted by atomic mass is 10.1. The topological polar surface area (TPSA) is 38.1 Å². The largest absolute Gasteiger partial charge is 0.441 e. The average molecular weight is 188 g/mol. The zero-order chi connectivity index (χ0) is 10.1. The highest BCUT2D eigenvalue weighted by Gasteiger charge is 2.03. The number of nitrogens with one attached hydrogen (secondary N) is 1. The van der Waals surface area contributed by atoms with Crippen LogP contribution in [0.25, 0.3) is 16.8 Å². The van der Waals surface area contributed by atoms with Crippen LogP contribution in [0.15, 0.2) is 29.2 Å². The van der Waals surface area contributed by atoms with Gasteiger partial charge >= 0.3 is 0 Å². The maximum atomic E-state index is 5.38. The second kappa shape index (κ2) is 3.18. The molecule has 0 atom stereocenters. The summed E-state index contributed by atoms with van der Waals surface area (Å²) in [5.41, 5.74) is 3.60. The molecule has 72 valence electrons. The second-order valence-corrected chi connectivity index (χ2v) is 3.14. The quantitative estimate of drug-likeness (QED) is 0.786. The molecule has 0 aliphatic carbocycles. The number of aryl methyl sites for hydroxylation is 1. The molecule has 0 aliphatic rings. The first kappa shape index (κ1) is 8.81. The number of hydrogen-bond donors (Lipinski definition) is 1. The highest BCUT2D eigenvalue weighted by molar-refractivity contribution is 5.78. The van der Waals surface area contributed by atoms with E-state index in [2.05, 4.69) is 16.9 Å². The first-order valence-electron chi connectivity index (χ1n) is 4.45. The Bertz CT molecular complexity index is 485. The molecule has 2 aromatic rings. The SMILES string of the molecule is C=C(NC)c1ccc2oc(C)nc2c1. The average Bonchev–Trinajstić information content (AvgIpc) is 2.55. The van der Waals surface area contributed by atoms with Gasteiger partial charge in [0, 0.05) is 19.7 Å². The molecule has 3 heteroatoms. The highest BCUT2D eigenvalue weighted by atomic mass is 16.3. The van der Waals surface area contributed by atoms with Gasteiger partial charge in [0.25, 0.3) is 0 Å². The van der Waals surface area contributed by atoms with Crippen molar-refractivity contribution in [3.63, 3.8) is 0 Å². The highest BCUT2D eigenvalue weighted by Crippen LogP contribution is 2.19. The number of benzene rings is 1.